The van der Waals surface area contributed by atoms with Crippen molar-refractivity contribution in [3.63, 3.8) is 0 Å². The zero-order valence-electron chi connectivity index (χ0n) is 9.30. The first-order valence-corrected chi connectivity index (χ1v) is 6.47. The molecule has 0 fully saturated rings. The van der Waals surface area contributed by atoms with Crippen molar-refractivity contribution in [3.05, 3.63) is 0 Å². The normalized spacial score (nSPS) is 13.2. The summed E-state index contributed by atoms with van der Waals surface area (Å²) in [5.41, 5.74) is 0. The Kier molecular flexibility index (Phi) is 5.91. The molecule has 0 saturated heterocycles. The first-order chi connectivity index (χ1) is 6.20. The fourth-order valence-corrected chi connectivity index (χ4v) is 1.99. The van der Waals surface area contributed by atoms with Gasteiger partial charge in [0.15, 0.2) is 0 Å². The second kappa shape index (κ2) is 5.86. The second-order valence-electron chi connectivity index (χ2n) is 4.48. The lowest BCUT2D eigenvalue weighted by molar-refractivity contribution is 0.101. The molecule has 0 heterocycles. The highest BCUT2D eigenvalue weighted by Gasteiger charge is 2.23. The molecule has 0 aromatic carbocycles. The number of phosphoric ester groups is 1. The van der Waals surface area contributed by atoms with Gasteiger partial charge in [-0.15, -0.1) is 0 Å². The Morgan fingerprint density at radius 1 is 1.07 bits per heavy atom. The van der Waals surface area contributed by atoms with Gasteiger partial charge < -0.3 is 9.79 Å². The average molecular weight is 224 g/mol. The Labute approximate surface area is 85.9 Å². The second-order valence-corrected chi connectivity index (χ2v) is 5.67. The Balaban J connectivity index is 4.18. The molecule has 0 unspecified atom stereocenters. The summed E-state index contributed by atoms with van der Waals surface area (Å²) in [5.74, 6) is 0.760. The summed E-state index contributed by atoms with van der Waals surface area (Å²) in [5, 5.41) is 0. The predicted molar refractivity (Wildman–Crippen MR) is 55.8 cm³/mol. The SMILES string of the molecule is CC(C)CC(CC(C)C)OP(=O)(O)O. The van der Waals surface area contributed by atoms with Gasteiger partial charge in [0, 0.05) is 0 Å². The zero-order valence-corrected chi connectivity index (χ0v) is 10.2. The van der Waals surface area contributed by atoms with Crippen LogP contribution >= 0.6 is 7.82 Å². The lowest BCUT2D eigenvalue weighted by atomic mass is 9.98. The fraction of sp³-hybridized carbons (Fsp3) is 1.00. The Morgan fingerprint density at radius 2 is 1.43 bits per heavy atom. The number of rotatable bonds is 6. The maximum absolute atomic E-state index is 10.7. The van der Waals surface area contributed by atoms with E-state index < -0.39 is 7.82 Å². The highest BCUT2D eigenvalue weighted by Crippen LogP contribution is 2.40. The summed E-state index contributed by atoms with van der Waals surface area (Å²) in [7, 11) is -4.33. The van der Waals surface area contributed by atoms with Gasteiger partial charge in [0.25, 0.3) is 0 Å². The van der Waals surface area contributed by atoms with E-state index in [-0.39, 0.29) is 6.10 Å². The van der Waals surface area contributed by atoms with Gasteiger partial charge in [-0.25, -0.2) is 4.57 Å². The summed E-state index contributed by atoms with van der Waals surface area (Å²) in [4.78, 5) is 17.4. The van der Waals surface area contributed by atoms with E-state index in [1.54, 1.807) is 0 Å². The van der Waals surface area contributed by atoms with Crippen LogP contribution in [-0.2, 0) is 9.09 Å². The summed E-state index contributed by atoms with van der Waals surface area (Å²) < 4.78 is 15.4. The fourth-order valence-electron chi connectivity index (χ4n) is 1.43. The molecule has 0 aromatic rings. The van der Waals surface area contributed by atoms with Crippen LogP contribution in [0.5, 0.6) is 0 Å². The minimum atomic E-state index is -4.33. The van der Waals surface area contributed by atoms with Crippen LogP contribution < -0.4 is 0 Å². The molecule has 0 spiro atoms. The smallest absolute Gasteiger partial charge is 0.303 e. The van der Waals surface area contributed by atoms with Crippen molar-refractivity contribution in [2.24, 2.45) is 11.8 Å². The quantitative estimate of drug-likeness (QED) is 0.680. The molecule has 2 N–H and O–H groups in total. The van der Waals surface area contributed by atoms with E-state index in [9.17, 15) is 4.57 Å². The van der Waals surface area contributed by atoms with Crippen molar-refractivity contribution < 1.29 is 18.9 Å². The molecule has 0 aromatic heterocycles. The van der Waals surface area contributed by atoms with Crippen LogP contribution in [0.2, 0.25) is 0 Å². The molecule has 14 heavy (non-hydrogen) atoms. The molecule has 0 saturated carbocycles. The van der Waals surface area contributed by atoms with Crippen LogP contribution in [0, 0.1) is 11.8 Å². The van der Waals surface area contributed by atoms with Crippen LogP contribution in [0.25, 0.3) is 0 Å². The number of phosphoric acid groups is 1. The van der Waals surface area contributed by atoms with Crippen molar-refractivity contribution in [3.8, 4) is 0 Å². The molecule has 0 aliphatic heterocycles. The lowest BCUT2D eigenvalue weighted by Gasteiger charge is -2.21. The molecule has 0 amide bonds. The van der Waals surface area contributed by atoms with Crippen LogP contribution in [-0.4, -0.2) is 15.9 Å². The van der Waals surface area contributed by atoms with E-state index in [1.807, 2.05) is 27.7 Å². The number of hydrogen-bond acceptors (Lipinski definition) is 2. The molecule has 0 rings (SSSR count). The van der Waals surface area contributed by atoms with Crippen molar-refractivity contribution in [2.45, 2.75) is 46.6 Å². The first-order valence-electron chi connectivity index (χ1n) is 4.94. The highest BCUT2D eigenvalue weighted by molar-refractivity contribution is 7.46. The molecule has 0 aliphatic rings. The van der Waals surface area contributed by atoms with Crippen molar-refractivity contribution in [1.82, 2.24) is 0 Å². The van der Waals surface area contributed by atoms with Gasteiger partial charge in [0.1, 0.15) is 0 Å². The number of hydrogen-bond donors (Lipinski definition) is 2. The van der Waals surface area contributed by atoms with Crippen molar-refractivity contribution >= 4 is 7.82 Å². The topological polar surface area (TPSA) is 66.8 Å². The van der Waals surface area contributed by atoms with E-state index in [0.717, 1.165) is 0 Å². The molecule has 0 atom stereocenters. The van der Waals surface area contributed by atoms with E-state index >= 15 is 0 Å². The highest BCUT2D eigenvalue weighted by atomic mass is 31.2. The Morgan fingerprint density at radius 3 is 1.64 bits per heavy atom. The summed E-state index contributed by atoms with van der Waals surface area (Å²) in [6.45, 7) is 8.04. The molecular weight excluding hydrogens is 203 g/mol. The summed E-state index contributed by atoms with van der Waals surface area (Å²) in [6.07, 6.45) is 1.03. The third-order valence-corrected chi connectivity index (χ3v) is 2.33. The summed E-state index contributed by atoms with van der Waals surface area (Å²) >= 11 is 0. The maximum atomic E-state index is 10.7. The third-order valence-electron chi connectivity index (χ3n) is 1.75. The van der Waals surface area contributed by atoms with Gasteiger partial charge in [-0.1, -0.05) is 27.7 Å². The monoisotopic (exact) mass is 224 g/mol. The average Bonchev–Trinajstić information content (AvgIpc) is 1.77. The molecule has 86 valence electrons. The molecule has 0 radical (unpaired) electrons. The summed E-state index contributed by atoms with van der Waals surface area (Å²) in [6, 6.07) is 0. The van der Waals surface area contributed by atoms with E-state index in [1.165, 1.54) is 0 Å². The molecule has 0 bridgehead atoms. The van der Waals surface area contributed by atoms with Crippen molar-refractivity contribution in [1.29, 1.82) is 0 Å². The minimum Gasteiger partial charge on any atom is -0.303 e. The van der Waals surface area contributed by atoms with Gasteiger partial charge in [0.05, 0.1) is 6.10 Å². The molecule has 4 nitrogen and oxygen atoms in total. The zero-order chi connectivity index (χ0) is 11.4. The first kappa shape index (κ1) is 14.1. The Hall–Kier alpha value is 0.110. The van der Waals surface area contributed by atoms with Crippen LogP contribution in [0.3, 0.4) is 0 Å². The minimum absolute atomic E-state index is 0.337. The van der Waals surface area contributed by atoms with E-state index in [0.29, 0.717) is 24.7 Å². The van der Waals surface area contributed by atoms with Crippen LogP contribution in [0.1, 0.15) is 40.5 Å². The lowest BCUT2D eigenvalue weighted by Crippen LogP contribution is -2.16. The predicted octanol–water partition coefficient (Wildman–Crippen LogP) is 2.56. The van der Waals surface area contributed by atoms with Crippen LogP contribution in [0.4, 0.5) is 0 Å². The van der Waals surface area contributed by atoms with E-state index in [4.69, 9.17) is 14.3 Å². The maximum Gasteiger partial charge on any atom is 0.469 e. The standard InChI is InChI=1S/C9H21O4P/c1-7(2)5-9(6-8(3)4)13-14(10,11)12/h7-9H,5-6H2,1-4H3,(H2,10,11,12). The molecule has 5 heteroatoms. The van der Waals surface area contributed by atoms with E-state index in [2.05, 4.69) is 0 Å². The van der Waals surface area contributed by atoms with Gasteiger partial charge >= 0.3 is 7.82 Å². The van der Waals surface area contributed by atoms with Gasteiger partial charge in [0.2, 0.25) is 0 Å². The molecule has 0 aliphatic carbocycles. The van der Waals surface area contributed by atoms with Gasteiger partial charge in [-0.2, -0.15) is 0 Å². The van der Waals surface area contributed by atoms with Gasteiger partial charge in [-0.3, -0.25) is 4.52 Å². The van der Waals surface area contributed by atoms with Crippen molar-refractivity contribution in [2.75, 3.05) is 0 Å². The third kappa shape index (κ3) is 8.70. The largest absolute Gasteiger partial charge is 0.469 e. The van der Waals surface area contributed by atoms with Crippen LogP contribution in [0.15, 0.2) is 0 Å². The van der Waals surface area contributed by atoms with Gasteiger partial charge in [-0.05, 0) is 24.7 Å². The Bertz CT molecular complexity index is 187. The molecular formula is C9H21O4P.